The zero-order valence-electron chi connectivity index (χ0n) is 12.0. The van der Waals surface area contributed by atoms with Crippen LogP contribution in [0.3, 0.4) is 0 Å². The molecule has 0 saturated heterocycles. The molecule has 0 aliphatic carbocycles. The van der Waals surface area contributed by atoms with Crippen LogP contribution in [0.25, 0.3) is 0 Å². The van der Waals surface area contributed by atoms with Gasteiger partial charge in [0, 0.05) is 5.02 Å². The van der Waals surface area contributed by atoms with E-state index in [4.69, 9.17) is 16.3 Å². The molecule has 1 N–H and O–H groups in total. The van der Waals surface area contributed by atoms with Crippen molar-refractivity contribution in [2.45, 2.75) is 19.2 Å². The summed E-state index contributed by atoms with van der Waals surface area (Å²) in [5.41, 5.74) is -1.23. The van der Waals surface area contributed by atoms with Crippen LogP contribution in [-0.2, 0) is 11.0 Å². The van der Waals surface area contributed by atoms with E-state index in [1.807, 2.05) is 0 Å². The maximum absolute atomic E-state index is 12.9. The lowest BCUT2D eigenvalue weighted by molar-refractivity contribution is -0.137. The van der Waals surface area contributed by atoms with E-state index < -0.39 is 23.8 Å². The quantitative estimate of drug-likeness (QED) is 0.868. The number of halogens is 4. The summed E-state index contributed by atoms with van der Waals surface area (Å²) in [6.07, 6.45) is -5.55. The van der Waals surface area contributed by atoms with Crippen LogP contribution in [0.5, 0.6) is 5.75 Å². The van der Waals surface area contributed by atoms with E-state index in [2.05, 4.69) is 5.32 Å². The molecule has 0 aliphatic heterocycles. The zero-order chi connectivity index (χ0) is 17.0. The highest BCUT2D eigenvalue weighted by molar-refractivity contribution is 6.30. The van der Waals surface area contributed by atoms with Gasteiger partial charge in [-0.15, -0.1) is 0 Å². The van der Waals surface area contributed by atoms with E-state index in [0.717, 1.165) is 6.07 Å². The molecule has 1 atom stereocenters. The number of hydrogen-bond donors (Lipinski definition) is 1. The summed E-state index contributed by atoms with van der Waals surface area (Å²) in [5, 5.41) is 2.66. The molecule has 2 rings (SSSR count). The standard InChI is InChI=1S/C16H13ClF3NO2/c1-10(23-12-6-4-5-11(17)9-12)15(22)21-14-8-3-2-7-13(14)16(18,19)20/h2-10H,1H3,(H,21,22). The molecule has 0 fully saturated rings. The molecule has 0 saturated carbocycles. The average molecular weight is 344 g/mol. The molecule has 3 nitrogen and oxygen atoms in total. The van der Waals surface area contributed by atoms with Crippen molar-refractivity contribution in [2.24, 2.45) is 0 Å². The summed E-state index contributed by atoms with van der Waals surface area (Å²) in [5.74, 6) is -0.342. The number of carbonyl (C=O) groups excluding carboxylic acids is 1. The second-order valence-electron chi connectivity index (χ2n) is 4.75. The van der Waals surface area contributed by atoms with E-state index in [-0.39, 0.29) is 5.69 Å². The van der Waals surface area contributed by atoms with Crippen molar-refractivity contribution >= 4 is 23.2 Å². The van der Waals surface area contributed by atoms with Gasteiger partial charge in [-0.1, -0.05) is 29.8 Å². The molecule has 0 heterocycles. The third kappa shape index (κ3) is 4.63. The molecule has 0 aliphatic rings. The minimum atomic E-state index is -4.55. The van der Waals surface area contributed by atoms with Crippen LogP contribution in [0, 0.1) is 0 Å². The molecule has 7 heteroatoms. The number of carbonyl (C=O) groups is 1. The molecule has 0 spiro atoms. The fourth-order valence-electron chi connectivity index (χ4n) is 1.87. The van der Waals surface area contributed by atoms with Crippen molar-refractivity contribution in [3.05, 3.63) is 59.1 Å². The first kappa shape index (κ1) is 17.1. The van der Waals surface area contributed by atoms with Crippen LogP contribution >= 0.6 is 11.6 Å². The van der Waals surface area contributed by atoms with E-state index in [1.54, 1.807) is 18.2 Å². The highest BCUT2D eigenvalue weighted by Gasteiger charge is 2.34. The Morgan fingerprint density at radius 3 is 2.52 bits per heavy atom. The second-order valence-corrected chi connectivity index (χ2v) is 5.19. The van der Waals surface area contributed by atoms with Crippen LogP contribution in [0.2, 0.25) is 5.02 Å². The van der Waals surface area contributed by atoms with Crippen LogP contribution < -0.4 is 10.1 Å². The summed E-state index contributed by atoms with van der Waals surface area (Å²) < 4.78 is 44.1. The maximum atomic E-state index is 12.9. The van der Waals surface area contributed by atoms with Gasteiger partial charge in [-0.3, -0.25) is 4.79 Å². The van der Waals surface area contributed by atoms with Gasteiger partial charge in [0.2, 0.25) is 0 Å². The maximum Gasteiger partial charge on any atom is 0.418 e. The van der Waals surface area contributed by atoms with Gasteiger partial charge in [0.05, 0.1) is 11.3 Å². The Morgan fingerprint density at radius 1 is 1.17 bits per heavy atom. The fourth-order valence-corrected chi connectivity index (χ4v) is 2.05. The molecule has 2 aromatic carbocycles. The SMILES string of the molecule is CC(Oc1cccc(Cl)c1)C(=O)Nc1ccccc1C(F)(F)F. The van der Waals surface area contributed by atoms with Gasteiger partial charge < -0.3 is 10.1 Å². The van der Waals surface area contributed by atoms with Crippen LogP contribution in [0.4, 0.5) is 18.9 Å². The van der Waals surface area contributed by atoms with Crippen molar-refractivity contribution in [3.8, 4) is 5.75 Å². The third-order valence-corrected chi connectivity index (χ3v) is 3.20. The van der Waals surface area contributed by atoms with Crippen LogP contribution in [0.1, 0.15) is 12.5 Å². The summed E-state index contributed by atoms with van der Waals surface area (Å²) in [7, 11) is 0. The number of ether oxygens (including phenoxy) is 1. The molecular weight excluding hydrogens is 331 g/mol. The molecule has 122 valence electrons. The molecule has 23 heavy (non-hydrogen) atoms. The van der Waals surface area contributed by atoms with E-state index >= 15 is 0 Å². The predicted molar refractivity (Wildman–Crippen MR) is 81.6 cm³/mol. The molecule has 1 amide bonds. The van der Waals surface area contributed by atoms with Crippen LogP contribution in [0.15, 0.2) is 48.5 Å². The molecule has 0 aromatic heterocycles. The van der Waals surface area contributed by atoms with E-state index in [0.29, 0.717) is 10.8 Å². The molecule has 1 unspecified atom stereocenters. The van der Waals surface area contributed by atoms with Gasteiger partial charge >= 0.3 is 6.18 Å². The summed E-state index contributed by atoms with van der Waals surface area (Å²) in [4.78, 5) is 12.0. The van der Waals surface area contributed by atoms with Gasteiger partial charge in [-0.25, -0.2) is 0 Å². The molecule has 2 aromatic rings. The van der Waals surface area contributed by atoms with Gasteiger partial charge in [-0.05, 0) is 37.3 Å². The Morgan fingerprint density at radius 2 is 1.87 bits per heavy atom. The van der Waals surface area contributed by atoms with Crippen LogP contribution in [-0.4, -0.2) is 12.0 Å². The van der Waals surface area contributed by atoms with Crippen molar-refractivity contribution in [3.63, 3.8) is 0 Å². The first-order valence-corrected chi connectivity index (χ1v) is 7.04. The van der Waals surface area contributed by atoms with Crippen molar-refractivity contribution in [1.29, 1.82) is 0 Å². The molecule has 0 bridgehead atoms. The van der Waals surface area contributed by atoms with Crippen molar-refractivity contribution < 1.29 is 22.7 Å². The minimum absolute atomic E-state index is 0.313. The smallest absolute Gasteiger partial charge is 0.418 e. The lowest BCUT2D eigenvalue weighted by Gasteiger charge is -2.17. The fraction of sp³-hybridized carbons (Fsp3) is 0.188. The highest BCUT2D eigenvalue weighted by atomic mass is 35.5. The van der Waals surface area contributed by atoms with Gasteiger partial charge in [0.1, 0.15) is 5.75 Å². The Hall–Kier alpha value is -2.21. The monoisotopic (exact) mass is 343 g/mol. The number of nitrogens with one attached hydrogen (secondary N) is 1. The summed E-state index contributed by atoms with van der Waals surface area (Å²) in [6, 6.07) is 11.1. The Balaban J connectivity index is 2.10. The number of benzene rings is 2. The van der Waals surface area contributed by atoms with Crippen molar-refractivity contribution in [2.75, 3.05) is 5.32 Å². The summed E-state index contributed by atoms with van der Waals surface area (Å²) in [6.45, 7) is 1.44. The van der Waals surface area contributed by atoms with E-state index in [9.17, 15) is 18.0 Å². The second kappa shape index (κ2) is 6.91. The van der Waals surface area contributed by atoms with E-state index in [1.165, 1.54) is 31.2 Å². The normalized spacial score (nSPS) is 12.6. The largest absolute Gasteiger partial charge is 0.481 e. The Kier molecular flexibility index (Phi) is 5.15. The minimum Gasteiger partial charge on any atom is -0.481 e. The number of amides is 1. The summed E-state index contributed by atoms with van der Waals surface area (Å²) >= 11 is 5.80. The average Bonchev–Trinajstić information content (AvgIpc) is 2.46. The first-order chi connectivity index (χ1) is 10.8. The zero-order valence-corrected chi connectivity index (χ0v) is 12.8. The lowest BCUT2D eigenvalue weighted by atomic mass is 10.1. The third-order valence-electron chi connectivity index (χ3n) is 2.97. The Bertz CT molecular complexity index is 704. The van der Waals surface area contributed by atoms with Gasteiger partial charge in [-0.2, -0.15) is 13.2 Å². The molecule has 0 radical (unpaired) electrons. The predicted octanol–water partition coefficient (Wildman–Crippen LogP) is 4.76. The Labute approximate surface area is 136 Å². The van der Waals surface area contributed by atoms with Gasteiger partial charge in [0.25, 0.3) is 5.91 Å². The number of hydrogen-bond acceptors (Lipinski definition) is 2. The molecular formula is C16H13ClF3NO2. The lowest BCUT2D eigenvalue weighted by Crippen LogP contribution is -2.31. The topological polar surface area (TPSA) is 38.3 Å². The number of anilines is 1. The van der Waals surface area contributed by atoms with Gasteiger partial charge in [0.15, 0.2) is 6.10 Å². The number of alkyl halides is 3. The van der Waals surface area contributed by atoms with Crippen molar-refractivity contribution in [1.82, 2.24) is 0 Å². The number of rotatable bonds is 4. The first-order valence-electron chi connectivity index (χ1n) is 6.66. The number of para-hydroxylation sites is 1. The highest BCUT2D eigenvalue weighted by Crippen LogP contribution is 2.34.